The number of nitrogens with one attached hydrogen (secondary N) is 1. The summed E-state index contributed by atoms with van der Waals surface area (Å²) in [5.74, 6) is 0.855. The van der Waals surface area contributed by atoms with Crippen LogP contribution in [0.2, 0.25) is 0 Å². The lowest BCUT2D eigenvalue weighted by molar-refractivity contribution is 0.170. The standard InChI is InChI=1S/C12H24N4O2S/c1-5-6-16-11(13-14-12(16)19)15(7-8-17-3)10(2)9-18-4/h10H,5-9H2,1-4H3,(H,14,19). The molecule has 19 heavy (non-hydrogen) atoms. The summed E-state index contributed by atoms with van der Waals surface area (Å²) >= 11 is 5.28. The van der Waals surface area contributed by atoms with Gasteiger partial charge in [0.2, 0.25) is 5.95 Å². The third kappa shape index (κ3) is 4.29. The molecule has 0 radical (unpaired) electrons. The summed E-state index contributed by atoms with van der Waals surface area (Å²) in [4.78, 5) is 2.16. The van der Waals surface area contributed by atoms with E-state index in [1.165, 1.54) is 0 Å². The number of methoxy groups -OCH3 is 2. The molecule has 0 saturated heterocycles. The summed E-state index contributed by atoms with van der Waals surface area (Å²) in [5, 5.41) is 7.22. The van der Waals surface area contributed by atoms with Gasteiger partial charge in [0.25, 0.3) is 0 Å². The van der Waals surface area contributed by atoms with Crippen molar-refractivity contribution >= 4 is 18.2 Å². The summed E-state index contributed by atoms with van der Waals surface area (Å²) in [7, 11) is 3.40. The van der Waals surface area contributed by atoms with Crippen molar-refractivity contribution in [2.24, 2.45) is 0 Å². The van der Waals surface area contributed by atoms with E-state index in [1.807, 2.05) is 4.57 Å². The molecule has 6 nitrogen and oxygen atoms in total. The number of ether oxygens (including phenoxy) is 2. The zero-order valence-corrected chi connectivity index (χ0v) is 13.0. The SMILES string of the molecule is CCCn1c(N(CCOC)C(C)COC)n[nH]c1=S. The van der Waals surface area contributed by atoms with Gasteiger partial charge in [-0.3, -0.25) is 4.57 Å². The molecule has 1 heterocycles. The van der Waals surface area contributed by atoms with Crippen LogP contribution in [0.1, 0.15) is 20.3 Å². The van der Waals surface area contributed by atoms with Gasteiger partial charge in [0, 0.05) is 27.3 Å². The summed E-state index contributed by atoms with van der Waals surface area (Å²) in [6.07, 6.45) is 1.01. The Morgan fingerprint density at radius 1 is 1.42 bits per heavy atom. The van der Waals surface area contributed by atoms with Crippen LogP contribution >= 0.6 is 12.2 Å². The molecule has 0 amide bonds. The minimum atomic E-state index is 0.209. The van der Waals surface area contributed by atoms with E-state index in [1.54, 1.807) is 14.2 Å². The van der Waals surface area contributed by atoms with Gasteiger partial charge in [-0.15, -0.1) is 5.10 Å². The first kappa shape index (κ1) is 16.1. The number of nitrogens with zero attached hydrogens (tertiary/aromatic N) is 3. The van der Waals surface area contributed by atoms with Crippen LogP contribution in [0, 0.1) is 4.77 Å². The Morgan fingerprint density at radius 2 is 2.16 bits per heavy atom. The van der Waals surface area contributed by atoms with Gasteiger partial charge in [0.1, 0.15) is 0 Å². The second-order valence-electron chi connectivity index (χ2n) is 4.47. The van der Waals surface area contributed by atoms with Gasteiger partial charge >= 0.3 is 0 Å². The van der Waals surface area contributed by atoms with E-state index in [-0.39, 0.29) is 6.04 Å². The molecule has 0 fully saturated rings. The van der Waals surface area contributed by atoms with Crippen LogP contribution in [0.4, 0.5) is 5.95 Å². The number of H-pyrrole nitrogens is 1. The summed E-state index contributed by atoms with van der Waals surface area (Å²) < 4.78 is 13.1. The predicted octanol–water partition coefficient (Wildman–Crippen LogP) is 1.84. The van der Waals surface area contributed by atoms with Crippen molar-refractivity contribution in [3.8, 4) is 0 Å². The first-order chi connectivity index (χ1) is 9.15. The zero-order chi connectivity index (χ0) is 14.3. The van der Waals surface area contributed by atoms with Crippen LogP contribution in [0.25, 0.3) is 0 Å². The van der Waals surface area contributed by atoms with Crippen molar-refractivity contribution < 1.29 is 9.47 Å². The lowest BCUT2D eigenvalue weighted by Gasteiger charge is -2.29. The Balaban J connectivity index is 2.98. The van der Waals surface area contributed by atoms with Gasteiger partial charge in [0.05, 0.1) is 19.3 Å². The maximum absolute atomic E-state index is 5.28. The maximum Gasteiger partial charge on any atom is 0.226 e. The van der Waals surface area contributed by atoms with E-state index in [2.05, 4.69) is 28.9 Å². The molecule has 1 N–H and O–H groups in total. The second-order valence-corrected chi connectivity index (χ2v) is 4.86. The highest BCUT2D eigenvalue weighted by Crippen LogP contribution is 2.15. The molecule has 1 aromatic heterocycles. The summed E-state index contributed by atoms with van der Waals surface area (Å²) in [5.41, 5.74) is 0. The topological polar surface area (TPSA) is 55.3 Å². The number of rotatable bonds is 9. The fourth-order valence-electron chi connectivity index (χ4n) is 1.99. The maximum atomic E-state index is 5.28. The van der Waals surface area contributed by atoms with Gasteiger partial charge in [-0.2, -0.15) is 0 Å². The monoisotopic (exact) mass is 288 g/mol. The smallest absolute Gasteiger partial charge is 0.226 e. The largest absolute Gasteiger partial charge is 0.383 e. The molecule has 0 aromatic carbocycles. The van der Waals surface area contributed by atoms with Gasteiger partial charge in [-0.1, -0.05) is 6.92 Å². The zero-order valence-electron chi connectivity index (χ0n) is 12.2. The van der Waals surface area contributed by atoms with E-state index in [0.717, 1.165) is 25.5 Å². The second kappa shape index (κ2) is 8.29. The molecule has 1 unspecified atom stereocenters. The minimum Gasteiger partial charge on any atom is -0.383 e. The average molecular weight is 288 g/mol. The van der Waals surface area contributed by atoms with Gasteiger partial charge in [0.15, 0.2) is 4.77 Å². The van der Waals surface area contributed by atoms with E-state index >= 15 is 0 Å². The molecule has 1 rings (SSSR count). The number of hydrogen-bond acceptors (Lipinski definition) is 5. The van der Waals surface area contributed by atoms with Crippen LogP contribution in [0.15, 0.2) is 0 Å². The predicted molar refractivity (Wildman–Crippen MR) is 78.3 cm³/mol. The first-order valence-corrected chi connectivity index (χ1v) is 6.96. The van der Waals surface area contributed by atoms with Crippen molar-refractivity contribution in [2.45, 2.75) is 32.9 Å². The number of hydrogen-bond donors (Lipinski definition) is 1. The first-order valence-electron chi connectivity index (χ1n) is 6.55. The molecule has 110 valence electrons. The highest BCUT2D eigenvalue weighted by molar-refractivity contribution is 7.71. The van der Waals surface area contributed by atoms with E-state index in [4.69, 9.17) is 21.7 Å². The Morgan fingerprint density at radius 3 is 2.74 bits per heavy atom. The normalized spacial score (nSPS) is 12.6. The Labute approximate surface area is 119 Å². The van der Waals surface area contributed by atoms with Crippen molar-refractivity contribution in [1.82, 2.24) is 14.8 Å². The molecule has 0 spiro atoms. The molecule has 1 aromatic rings. The molecule has 0 aliphatic rings. The van der Waals surface area contributed by atoms with Crippen LogP contribution in [0.3, 0.4) is 0 Å². The fourth-order valence-corrected chi connectivity index (χ4v) is 2.21. The van der Waals surface area contributed by atoms with Crippen molar-refractivity contribution in [2.75, 3.05) is 38.9 Å². The highest BCUT2D eigenvalue weighted by Gasteiger charge is 2.19. The number of anilines is 1. The van der Waals surface area contributed by atoms with E-state index in [9.17, 15) is 0 Å². The van der Waals surface area contributed by atoms with Crippen LogP contribution in [-0.2, 0) is 16.0 Å². The highest BCUT2D eigenvalue weighted by atomic mass is 32.1. The third-order valence-corrected chi connectivity index (χ3v) is 3.23. The molecular formula is C12H24N4O2S. The van der Waals surface area contributed by atoms with Crippen molar-refractivity contribution in [3.05, 3.63) is 4.77 Å². The van der Waals surface area contributed by atoms with Crippen LogP contribution in [0.5, 0.6) is 0 Å². The van der Waals surface area contributed by atoms with Gasteiger partial charge in [-0.05, 0) is 25.6 Å². The van der Waals surface area contributed by atoms with E-state index < -0.39 is 0 Å². The third-order valence-electron chi connectivity index (χ3n) is 2.92. The minimum absolute atomic E-state index is 0.209. The number of aromatic nitrogens is 3. The molecular weight excluding hydrogens is 264 g/mol. The van der Waals surface area contributed by atoms with Gasteiger partial charge in [-0.25, -0.2) is 5.10 Å². The molecule has 0 aliphatic heterocycles. The summed E-state index contributed by atoms with van der Waals surface area (Å²) in [6.45, 7) is 7.11. The summed E-state index contributed by atoms with van der Waals surface area (Å²) in [6, 6.07) is 0.209. The lowest BCUT2D eigenvalue weighted by atomic mass is 10.3. The number of aromatic amines is 1. The van der Waals surface area contributed by atoms with Crippen LogP contribution in [-0.4, -0.2) is 54.8 Å². The Bertz CT molecular complexity index is 418. The van der Waals surface area contributed by atoms with Crippen molar-refractivity contribution in [1.29, 1.82) is 0 Å². The fraction of sp³-hybridized carbons (Fsp3) is 0.833. The molecule has 0 bridgehead atoms. The molecule has 0 aliphatic carbocycles. The molecule has 7 heteroatoms. The average Bonchev–Trinajstić information content (AvgIpc) is 2.73. The Hall–Kier alpha value is -0.920. The Kier molecular flexibility index (Phi) is 7.04. The molecule has 1 atom stereocenters. The van der Waals surface area contributed by atoms with Crippen LogP contribution < -0.4 is 4.90 Å². The lowest BCUT2D eigenvalue weighted by Crippen LogP contribution is -2.40. The van der Waals surface area contributed by atoms with Gasteiger partial charge < -0.3 is 14.4 Å². The molecule has 0 saturated carbocycles. The van der Waals surface area contributed by atoms with E-state index in [0.29, 0.717) is 18.0 Å². The quantitative estimate of drug-likeness (QED) is 0.703. The van der Waals surface area contributed by atoms with Crippen molar-refractivity contribution in [3.63, 3.8) is 0 Å².